The number of hydroxylamine groups is 2. The van der Waals surface area contributed by atoms with Crippen molar-refractivity contribution < 1.29 is 47.8 Å². The third-order valence-corrected chi connectivity index (χ3v) is 9.90. The van der Waals surface area contributed by atoms with E-state index in [0.717, 1.165) is 31.3 Å². The van der Waals surface area contributed by atoms with E-state index in [2.05, 4.69) is 18.3 Å². The van der Waals surface area contributed by atoms with E-state index in [1.54, 1.807) is 17.9 Å². The summed E-state index contributed by atoms with van der Waals surface area (Å²) >= 11 is 0. The number of rotatable bonds is 11. The van der Waals surface area contributed by atoms with Crippen LogP contribution in [0.2, 0.25) is 0 Å². The van der Waals surface area contributed by atoms with Crippen molar-refractivity contribution >= 4 is 29.8 Å². The summed E-state index contributed by atoms with van der Waals surface area (Å²) in [5, 5.41) is 3.61. The van der Waals surface area contributed by atoms with Gasteiger partial charge in [0.1, 0.15) is 6.10 Å². The Labute approximate surface area is 288 Å². The van der Waals surface area contributed by atoms with Gasteiger partial charge in [0.15, 0.2) is 0 Å². The second-order valence-corrected chi connectivity index (χ2v) is 14.2. The van der Waals surface area contributed by atoms with Crippen LogP contribution < -0.4 is 5.32 Å². The molecule has 5 fully saturated rings. The summed E-state index contributed by atoms with van der Waals surface area (Å²) < 4.78 is 23.7. The van der Waals surface area contributed by atoms with Gasteiger partial charge in [-0.3, -0.25) is 14.4 Å². The first kappa shape index (κ1) is 36.7. The van der Waals surface area contributed by atoms with E-state index in [0.29, 0.717) is 44.0 Å². The quantitative estimate of drug-likeness (QED) is 0.146. The Bertz CT molecular complexity index is 1320. The molecule has 5 aliphatic heterocycles. The Kier molecular flexibility index (Phi) is 12.3. The van der Waals surface area contributed by atoms with Crippen molar-refractivity contribution in [2.75, 3.05) is 19.7 Å². The maximum Gasteiger partial charge on any atom is 0.410 e. The van der Waals surface area contributed by atoms with E-state index in [1.807, 2.05) is 26.0 Å². The minimum Gasteiger partial charge on any atom is -0.442 e. The van der Waals surface area contributed by atoms with Gasteiger partial charge in [0.05, 0.1) is 49.1 Å². The molecule has 13 nitrogen and oxygen atoms in total. The standard InChI is InChI=1S/C36H51N3O10/c1-23(8-11-27-20-36(22-45-36)21-28(48-27)19-34(43)49-39-32(41)14-15-33(39)42)9-12-30-24(2)18-29(26(4)47-30)37-31(40)13-10-25(3)46-35(44)38-16-6-5-7-17-38/h8-11,13,24-30H,5-7,12,14-22H2,1-4H3,(H,37,40)/b11-8+,13-10-,23-9+/t24?,25?,26-,27?,28-,29-,30+,36?/m1/s1. The fourth-order valence-electron chi connectivity index (χ4n) is 6.91. The van der Waals surface area contributed by atoms with Crippen molar-refractivity contribution in [3.8, 4) is 0 Å². The zero-order chi connectivity index (χ0) is 35.1. The largest absolute Gasteiger partial charge is 0.442 e. The number of hydrogen-bond acceptors (Lipinski definition) is 10. The van der Waals surface area contributed by atoms with Crippen molar-refractivity contribution in [1.29, 1.82) is 0 Å². The van der Waals surface area contributed by atoms with E-state index < -0.39 is 30.0 Å². The van der Waals surface area contributed by atoms with E-state index in [9.17, 15) is 24.0 Å². The van der Waals surface area contributed by atoms with E-state index in [-0.39, 0.29) is 67.1 Å². The lowest BCUT2D eigenvalue weighted by molar-refractivity contribution is -0.200. The molecule has 13 heteroatoms. The first-order valence-corrected chi connectivity index (χ1v) is 17.7. The smallest absolute Gasteiger partial charge is 0.410 e. The van der Waals surface area contributed by atoms with Crippen molar-refractivity contribution in [2.45, 2.75) is 134 Å². The van der Waals surface area contributed by atoms with Crippen LogP contribution in [0, 0.1) is 5.92 Å². The van der Waals surface area contributed by atoms with Crippen LogP contribution in [0.5, 0.6) is 0 Å². The van der Waals surface area contributed by atoms with E-state index >= 15 is 0 Å². The molecule has 0 radical (unpaired) electrons. The number of carbonyl (C=O) groups is 5. The van der Waals surface area contributed by atoms with Crippen LogP contribution in [0.1, 0.15) is 91.9 Å². The number of imide groups is 1. The molecule has 0 aromatic carbocycles. The van der Waals surface area contributed by atoms with E-state index in [1.165, 1.54) is 6.08 Å². The van der Waals surface area contributed by atoms with Crippen molar-refractivity contribution in [1.82, 2.24) is 15.3 Å². The number of amides is 4. The summed E-state index contributed by atoms with van der Waals surface area (Å²) in [6.45, 7) is 9.88. The summed E-state index contributed by atoms with van der Waals surface area (Å²) in [4.78, 5) is 67.8. The minimum absolute atomic E-state index is 0.00454. The first-order valence-electron chi connectivity index (χ1n) is 17.7. The molecule has 0 bridgehead atoms. The summed E-state index contributed by atoms with van der Waals surface area (Å²) in [5.74, 6) is -1.73. The molecule has 4 amide bonds. The topological polar surface area (TPSA) is 153 Å². The van der Waals surface area contributed by atoms with Gasteiger partial charge in [0.25, 0.3) is 11.8 Å². The first-order chi connectivity index (χ1) is 23.4. The van der Waals surface area contributed by atoms with Gasteiger partial charge < -0.3 is 34.0 Å². The van der Waals surface area contributed by atoms with Crippen molar-refractivity contribution in [3.05, 3.63) is 36.0 Å². The van der Waals surface area contributed by atoms with Crippen LogP contribution in [0.15, 0.2) is 36.0 Å². The Morgan fingerprint density at radius 1 is 1.04 bits per heavy atom. The number of likely N-dealkylation sites (tertiary alicyclic amines) is 1. The van der Waals surface area contributed by atoms with Gasteiger partial charge in [-0.1, -0.05) is 30.7 Å². The second-order valence-electron chi connectivity index (χ2n) is 14.2. The zero-order valence-corrected chi connectivity index (χ0v) is 29.1. The number of nitrogens with zero attached hydrogens (tertiary/aromatic N) is 2. The summed E-state index contributed by atoms with van der Waals surface area (Å²) in [6, 6.07) is -0.137. The Morgan fingerprint density at radius 2 is 1.76 bits per heavy atom. The maximum atomic E-state index is 12.7. The average Bonchev–Trinajstić information content (AvgIpc) is 3.73. The van der Waals surface area contributed by atoms with Crippen LogP contribution in [-0.4, -0.2) is 102 Å². The van der Waals surface area contributed by atoms with Gasteiger partial charge >= 0.3 is 12.1 Å². The van der Waals surface area contributed by atoms with Crippen LogP contribution in [0.25, 0.3) is 0 Å². The normalized spacial score (nSPS) is 32.9. The highest BCUT2D eigenvalue weighted by Gasteiger charge is 2.51. The molecule has 1 N–H and O–H groups in total. The highest BCUT2D eigenvalue weighted by Crippen LogP contribution is 2.43. The molecule has 5 saturated heterocycles. The number of piperidine rings is 1. The van der Waals surface area contributed by atoms with Gasteiger partial charge in [-0.25, -0.2) is 9.59 Å². The van der Waals surface area contributed by atoms with Crippen LogP contribution in [-0.2, 0) is 43.0 Å². The molecule has 1 spiro atoms. The highest BCUT2D eigenvalue weighted by atomic mass is 16.7. The van der Waals surface area contributed by atoms with Gasteiger partial charge in [-0.2, -0.15) is 0 Å². The molecule has 5 aliphatic rings. The lowest BCUT2D eigenvalue weighted by Gasteiger charge is -2.39. The number of epoxide rings is 1. The zero-order valence-electron chi connectivity index (χ0n) is 29.1. The lowest BCUT2D eigenvalue weighted by atomic mass is 9.88. The van der Waals surface area contributed by atoms with Gasteiger partial charge in [-0.05, 0) is 64.9 Å². The van der Waals surface area contributed by atoms with Crippen LogP contribution in [0.3, 0.4) is 0 Å². The van der Waals surface area contributed by atoms with Gasteiger partial charge in [-0.15, -0.1) is 5.06 Å². The predicted molar refractivity (Wildman–Crippen MR) is 176 cm³/mol. The molecule has 5 rings (SSSR count). The molecule has 0 aliphatic carbocycles. The number of allylic oxidation sites excluding steroid dienone is 2. The lowest BCUT2D eigenvalue weighted by Crippen LogP contribution is -2.50. The Balaban J connectivity index is 1.04. The van der Waals surface area contributed by atoms with Gasteiger partial charge in [0, 0.05) is 44.8 Å². The molecule has 49 heavy (non-hydrogen) atoms. The number of carbonyl (C=O) groups excluding carboxylic acids is 5. The predicted octanol–water partition coefficient (Wildman–Crippen LogP) is 4.06. The van der Waals surface area contributed by atoms with Crippen LogP contribution >= 0.6 is 0 Å². The third-order valence-electron chi connectivity index (χ3n) is 9.90. The molecule has 0 aromatic rings. The van der Waals surface area contributed by atoms with Crippen molar-refractivity contribution in [3.63, 3.8) is 0 Å². The van der Waals surface area contributed by atoms with Crippen molar-refractivity contribution in [2.24, 2.45) is 5.92 Å². The minimum atomic E-state index is -0.681. The summed E-state index contributed by atoms with van der Waals surface area (Å²) in [7, 11) is 0. The fraction of sp³-hybridized carbons (Fsp3) is 0.694. The second kappa shape index (κ2) is 16.4. The van der Waals surface area contributed by atoms with Gasteiger partial charge in [0.2, 0.25) is 5.91 Å². The molecule has 5 heterocycles. The van der Waals surface area contributed by atoms with E-state index in [4.69, 9.17) is 23.8 Å². The monoisotopic (exact) mass is 685 g/mol. The number of nitrogens with one attached hydrogen (secondary N) is 1. The SMILES string of the molecule is CC(/C=C/C1CC2(CO2)C[C@@H](CC(=O)ON2C(=O)CCC2=O)O1)=C\C[C@@H]1O[C@H](C)[C@H](NC(=O)/C=C\C(C)OC(=O)N2CCCCC2)CC1C. The average molecular weight is 686 g/mol. The number of ether oxygens (including phenoxy) is 4. The Morgan fingerprint density at radius 3 is 2.45 bits per heavy atom. The molecule has 4 unspecified atom stereocenters. The molecule has 8 atom stereocenters. The molecule has 0 aromatic heterocycles. The summed E-state index contributed by atoms with van der Waals surface area (Å²) in [5.41, 5.74) is 0.720. The molecular formula is C36H51N3O10. The third kappa shape index (κ3) is 10.5. The molecule has 0 saturated carbocycles. The highest BCUT2D eigenvalue weighted by molar-refractivity contribution is 6.01. The van der Waals surface area contributed by atoms with Crippen LogP contribution in [0.4, 0.5) is 4.79 Å². The number of hydrogen-bond donors (Lipinski definition) is 1. The summed E-state index contributed by atoms with van der Waals surface area (Å²) in [6.07, 6.45) is 13.2. The molecular weight excluding hydrogens is 634 g/mol. The molecule has 270 valence electrons. The Hall–Kier alpha value is -3.55. The fourth-order valence-corrected chi connectivity index (χ4v) is 6.91. The maximum absolute atomic E-state index is 12.7.